The van der Waals surface area contributed by atoms with Crippen molar-refractivity contribution in [2.24, 2.45) is 0 Å². The van der Waals surface area contributed by atoms with E-state index in [9.17, 15) is 4.79 Å². The summed E-state index contributed by atoms with van der Waals surface area (Å²) >= 11 is 0. The van der Waals surface area contributed by atoms with E-state index in [2.05, 4.69) is 83.3 Å². The van der Waals surface area contributed by atoms with Gasteiger partial charge in [0, 0.05) is 11.4 Å². The highest BCUT2D eigenvalue weighted by atomic mass is 32.1. The van der Waals surface area contributed by atoms with Crippen molar-refractivity contribution in [3.63, 3.8) is 0 Å². The van der Waals surface area contributed by atoms with Crippen molar-refractivity contribution in [2.75, 3.05) is 16.0 Å². The first-order chi connectivity index (χ1) is 15.8. The molecule has 0 aliphatic carbocycles. The van der Waals surface area contributed by atoms with Gasteiger partial charge in [-0.1, -0.05) is 75.7 Å². The van der Waals surface area contributed by atoms with Gasteiger partial charge in [0.1, 0.15) is 0 Å². The molecule has 0 radical (unpaired) electrons. The summed E-state index contributed by atoms with van der Waals surface area (Å²) in [5.74, 6) is 0.433. The summed E-state index contributed by atoms with van der Waals surface area (Å²) in [6, 6.07) is 20.3. The lowest BCUT2D eigenvalue weighted by Gasteiger charge is -2.31. The molecule has 0 aromatic heterocycles. The van der Waals surface area contributed by atoms with E-state index in [1.165, 1.54) is 11.1 Å². The van der Waals surface area contributed by atoms with Gasteiger partial charge in [0.05, 0.1) is 11.7 Å². The van der Waals surface area contributed by atoms with Gasteiger partial charge in [-0.05, 0) is 73.1 Å². The number of anilines is 3. The molecule has 0 spiro atoms. The number of nitrogens with two attached hydrogens (primary N) is 1. The fourth-order valence-corrected chi connectivity index (χ4v) is 4.24. The molecule has 0 saturated heterocycles. The third kappa shape index (κ3) is 5.95. The van der Waals surface area contributed by atoms with Crippen LogP contribution in [0.25, 0.3) is 0 Å². The Hall–Kier alpha value is -2.92. The highest BCUT2D eigenvalue weighted by Gasteiger charge is 2.25. The first-order valence-electron chi connectivity index (χ1n) is 11.9. The van der Waals surface area contributed by atoms with E-state index in [4.69, 9.17) is 5.73 Å². The molecule has 2 amide bonds. The molecule has 0 bridgehead atoms. The Morgan fingerprint density at radius 3 is 2.00 bits per heavy atom. The van der Waals surface area contributed by atoms with Crippen molar-refractivity contribution in [1.82, 2.24) is 0 Å². The average molecular weight is 478 g/mol. The van der Waals surface area contributed by atoms with Crippen molar-refractivity contribution in [3.05, 3.63) is 88.5 Å². The zero-order chi connectivity index (χ0) is 24.1. The fourth-order valence-electron chi connectivity index (χ4n) is 4.24. The molecule has 0 aliphatic rings. The van der Waals surface area contributed by atoms with Gasteiger partial charge in [0.25, 0.3) is 0 Å². The predicted octanol–water partition coefficient (Wildman–Crippen LogP) is 7.74. The topological polar surface area (TPSA) is 58.4 Å². The standard InChI is InChI=1S/C29H37N3O.H2S/c1-7-22-15-18-27(30)26(8-2)28(22)31-29(33)32(21(6)24-11-9-20(5)10-12-24)25-16-13-23(14-17-25)19(3)4;/h9-19,21H,7-8,30H2,1-6H3,(H,31,33);1H2/t21-;/m0./s1. The molecule has 34 heavy (non-hydrogen) atoms. The third-order valence-electron chi connectivity index (χ3n) is 6.41. The lowest BCUT2D eigenvalue weighted by molar-refractivity contribution is 0.255. The van der Waals surface area contributed by atoms with E-state index in [-0.39, 0.29) is 25.6 Å². The van der Waals surface area contributed by atoms with Crippen LogP contribution in [0.1, 0.15) is 74.4 Å². The number of nitrogen functional groups attached to an aromatic ring is 1. The van der Waals surface area contributed by atoms with Crippen LogP contribution in [-0.2, 0) is 12.8 Å². The zero-order valence-electron chi connectivity index (χ0n) is 21.3. The molecule has 182 valence electrons. The predicted molar refractivity (Wildman–Crippen MR) is 152 cm³/mol. The van der Waals surface area contributed by atoms with Crippen LogP contribution >= 0.6 is 13.5 Å². The van der Waals surface area contributed by atoms with Gasteiger partial charge in [0.2, 0.25) is 0 Å². The number of nitrogens with zero attached hydrogens (tertiary/aromatic N) is 1. The molecular formula is C29H39N3OS. The first-order valence-corrected chi connectivity index (χ1v) is 11.9. The number of hydrogen-bond acceptors (Lipinski definition) is 2. The van der Waals surface area contributed by atoms with Crippen molar-refractivity contribution < 1.29 is 4.79 Å². The van der Waals surface area contributed by atoms with E-state index < -0.39 is 0 Å². The van der Waals surface area contributed by atoms with E-state index >= 15 is 0 Å². The summed E-state index contributed by atoms with van der Waals surface area (Å²) < 4.78 is 0. The Morgan fingerprint density at radius 1 is 0.882 bits per heavy atom. The molecule has 3 aromatic carbocycles. The number of nitrogens with one attached hydrogen (secondary N) is 1. The Morgan fingerprint density at radius 2 is 1.47 bits per heavy atom. The van der Waals surface area contributed by atoms with Crippen LogP contribution in [0.3, 0.4) is 0 Å². The van der Waals surface area contributed by atoms with Crippen molar-refractivity contribution in [2.45, 2.75) is 66.3 Å². The smallest absolute Gasteiger partial charge is 0.326 e. The molecule has 0 saturated carbocycles. The molecule has 0 unspecified atom stereocenters. The summed E-state index contributed by atoms with van der Waals surface area (Å²) in [4.78, 5) is 15.7. The lowest BCUT2D eigenvalue weighted by Crippen LogP contribution is -2.37. The van der Waals surface area contributed by atoms with Crippen LogP contribution in [0.4, 0.5) is 21.9 Å². The zero-order valence-corrected chi connectivity index (χ0v) is 22.3. The number of hydrogen-bond donors (Lipinski definition) is 2. The number of carbonyl (C=O) groups is 1. The fraction of sp³-hybridized carbons (Fsp3) is 0.345. The van der Waals surface area contributed by atoms with Crippen LogP contribution in [0.2, 0.25) is 0 Å². The quantitative estimate of drug-likeness (QED) is 0.342. The van der Waals surface area contributed by atoms with Crippen LogP contribution in [0.15, 0.2) is 60.7 Å². The number of carbonyl (C=O) groups excluding carboxylic acids is 1. The molecular weight excluding hydrogens is 438 g/mol. The van der Waals surface area contributed by atoms with Gasteiger partial charge in [0.15, 0.2) is 0 Å². The second-order valence-corrected chi connectivity index (χ2v) is 9.01. The Bertz CT molecular complexity index is 1090. The van der Waals surface area contributed by atoms with E-state index in [1.54, 1.807) is 0 Å². The maximum absolute atomic E-state index is 13.8. The summed E-state index contributed by atoms with van der Waals surface area (Å²) in [6.45, 7) is 12.7. The second-order valence-electron chi connectivity index (χ2n) is 9.01. The van der Waals surface area contributed by atoms with Gasteiger partial charge in [-0.3, -0.25) is 4.90 Å². The number of amides is 2. The van der Waals surface area contributed by atoms with Gasteiger partial charge in [-0.2, -0.15) is 13.5 Å². The maximum Gasteiger partial charge on any atom is 0.326 e. The Balaban J connectivity index is 0.00000408. The van der Waals surface area contributed by atoms with Gasteiger partial charge in [-0.15, -0.1) is 0 Å². The monoisotopic (exact) mass is 477 g/mol. The van der Waals surface area contributed by atoms with Crippen molar-refractivity contribution in [1.29, 1.82) is 0 Å². The van der Waals surface area contributed by atoms with E-state index in [1.807, 2.05) is 29.2 Å². The highest BCUT2D eigenvalue weighted by molar-refractivity contribution is 7.59. The summed E-state index contributed by atoms with van der Waals surface area (Å²) in [5.41, 5.74) is 14.3. The Labute approximate surface area is 212 Å². The molecule has 3 aromatic rings. The molecule has 0 fully saturated rings. The first kappa shape index (κ1) is 27.3. The highest BCUT2D eigenvalue weighted by Crippen LogP contribution is 2.32. The number of rotatable bonds is 7. The molecule has 5 heteroatoms. The van der Waals surface area contributed by atoms with Crippen molar-refractivity contribution >= 4 is 36.6 Å². The van der Waals surface area contributed by atoms with E-state index in [0.29, 0.717) is 11.6 Å². The summed E-state index contributed by atoms with van der Waals surface area (Å²) in [7, 11) is 0. The third-order valence-corrected chi connectivity index (χ3v) is 6.41. The summed E-state index contributed by atoms with van der Waals surface area (Å²) in [5, 5.41) is 3.23. The normalized spacial score (nSPS) is 11.6. The molecule has 0 aliphatic heterocycles. The SMILES string of the molecule is CCc1ccc(N)c(CC)c1NC(=O)N(c1ccc(C(C)C)cc1)[C@@H](C)c1ccc(C)cc1.S. The number of benzene rings is 3. The van der Waals surface area contributed by atoms with Gasteiger partial charge < -0.3 is 11.1 Å². The van der Waals surface area contributed by atoms with Crippen molar-refractivity contribution in [3.8, 4) is 0 Å². The minimum Gasteiger partial charge on any atom is -0.398 e. The minimum atomic E-state index is -0.157. The van der Waals surface area contributed by atoms with Gasteiger partial charge >= 0.3 is 6.03 Å². The second kappa shape index (κ2) is 12.0. The van der Waals surface area contributed by atoms with Gasteiger partial charge in [-0.25, -0.2) is 4.79 Å². The average Bonchev–Trinajstić information content (AvgIpc) is 2.80. The van der Waals surface area contributed by atoms with Crippen LogP contribution < -0.4 is 16.0 Å². The number of urea groups is 1. The minimum absolute atomic E-state index is 0. The maximum atomic E-state index is 13.8. The summed E-state index contributed by atoms with van der Waals surface area (Å²) in [6.07, 6.45) is 1.57. The van der Waals surface area contributed by atoms with E-state index in [0.717, 1.165) is 40.9 Å². The van der Waals surface area contributed by atoms with Crippen LogP contribution in [0, 0.1) is 6.92 Å². The lowest BCUT2D eigenvalue weighted by atomic mass is 10.0. The molecule has 3 N–H and O–H groups in total. The largest absolute Gasteiger partial charge is 0.398 e. The molecule has 4 nitrogen and oxygen atoms in total. The van der Waals surface area contributed by atoms with Crippen LogP contribution in [0.5, 0.6) is 0 Å². The number of aryl methyl sites for hydroxylation is 2. The molecule has 0 heterocycles. The Kier molecular flexibility index (Phi) is 9.63. The molecule has 3 rings (SSSR count). The molecule has 1 atom stereocenters. The van der Waals surface area contributed by atoms with Crippen LogP contribution in [-0.4, -0.2) is 6.03 Å².